The molecule has 6 aromatic carbocycles. The van der Waals surface area contributed by atoms with E-state index in [4.69, 9.17) is 15.0 Å². The monoisotopic (exact) mass is 656 g/mol. The van der Waals surface area contributed by atoms with E-state index in [1.54, 1.807) is 0 Å². The van der Waals surface area contributed by atoms with E-state index in [9.17, 15) is 0 Å². The second-order valence-corrected chi connectivity index (χ2v) is 11.9. The van der Waals surface area contributed by atoms with Crippen molar-refractivity contribution in [3.63, 3.8) is 0 Å². The van der Waals surface area contributed by atoms with Crippen molar-refractivity contribution in [1.29, 1.82) is 0 Å². The molecule has 0 saturated heterocycles. The van der Waals surface area contributed by atoms with E-state index in [2.05, 4.69) is 115 Å². The zero-order valence-corrected chi connectivity index (χ0v) is 28.4. The Morgan fingerprint density at radius 1 is 0.471 bits per heavy atom. The van der Waals surface area contributed by atoms with E-state index in [1.165, 1.54) is 0 Å². The normalized spacial score (nSPS) is 12.1. The second kappa shape index (κ2) is 15.6. The molecule has 0 aliphatic rings. The van der Waals surface area contributed by atoms with Gasteiger partial charge in [0.2, 0.25) is 0 Å². The lowest BCUT2D eigenvalue weighted by molar-refractivity contribution is 1.07. The minimum atomic E-state index is 0.629. The lowest BCUT2D eigenvalue weighted by atomic mass is 9.85. The van der Waals surface area contributed by atoms with Crippen molar-refractivity contribution in [1.82, 2.24) is 15.0 Å². The van der Waals surface area contributed by atoms with Crippen LogP contribution in [-0.2, 0) is 0 Å². The summed E-state index contributed by atoms with van der Waals surface area (Å²) in [5.74, 6) is 1.91. The molecule has 4 nitrogen and oxygen atoms in total. The average Bonchev–Trinajstić information content (AvgIpc) is 3.21. The summed E-state index contributed by atoms with van der Waals surface area (Å²) in [5, 5.41) is 0. The molecule has 7 aromatic rings. The first-order valence-corrected chi connectivity index (χ1v) is 16.9. The van der Waals surface area contributed by atoms with Crippen LogP contribution in [0.2, 0.25) is 0 Å². The summed E-state index contributed by atoms with van der Waals surface area (Å²) in [7, 11) is 0. The van der Waals surface area contributed by atoms with E-state index < -0.39 is 0 Å². The quantitative estimate of drug-likeness (QED) is 0.0836. The molecule has 4 heteroatoms. The zero-order chi connectivity index (χ0) is 34.8. The highest BCUT2D eigenvalue weighted by molar-refractivity contribution is 6.05. The third-order valence-electron chi connectivity index (χ3n) is 8.57. The van der Waals surface area contributed by atoms with Gasteiger partial charge in [0, 0.05) is 28.5 Å². The minimum Gasteiger partial charge on any atom is -0.272 e. The maximum atomic E-state index is 4.92. The lowest BCUT2D eigenvalue weighted by Gasteiger charge is -2.19. The largest absolute Gasteiger partial charge is 0.272 e. The highest BCUT2D eigenvalue weighted by Crippen LogP contribution is 2.39. The fourth-order valence-electron chi connectivity index (χ4n) is 6.19. The van der Waals surface area contributed by atoms with Crippen molar-refractivity contribution >= 4 is 17.9 Å². The molecule has 0 bridgehead atoms. The molecule has 7 rings (SSSR count). The van der Waals surface area contributed by atoms with Gasteiger partial charge >= 0.3 is 0 Å². The van der Waals surface area contributed by atoms with Crippen LogP contribution in [0.4, 0.5) is 0 Å². The Morgan fingerprint density at radius 3 is 1.41 bits per heavy atom. The van der Waals surface area contributed by atoms with E-state index in [1.807, 2.05) is 92.0 Å². The van der Waals surface area contributed by atoms with Crippen LogP contribution in [0.25, 0.3) is 56.4 Å². The standard InChI is InChI=1S/C47H36N4/c1-3-17-42(33-48-2)44(36-20-10-5-11-21-36)43(35-18-8-4-9-19-35)41-27-16-26-40(32-41)34-28-30-39(31-29-34)47-50-45(37-22-12-6-13-23-37)49-46(51-47)38-24-14-7-15-25-38/h3-33H,2H2,1H3/b17-3-,42-33+,44-43-. The molecule has 0 spiro atoms. The third-order valence-corrected chi connectivity index (χ3v) is 8.57. The van der Waals surface area contributed by atoms with E-state index in [0.717, 1.165) is 61.2 Å². The Balaban J connectivity index is 1.33. The molecule has 0 saturated carbocycles. The molecular formula is C47H36N4. The van der Waals surface area contributed by atoms with Crippen molar-refractivity contribution in [2.45, 2.75) is 6.92 Å². The molecule has 0 amide bonds. The van der Waals surface area contributed by atoms with Crippen LogP contribution in [-0.4, -0.2) is 21.7 Å². The van der Waals surface area contributed by atoms with E-state index >= 15 is 0 Å². The molecule has 0 atom stereocenters. The Labute approximate surface area is 299 Å². The Morgan fingerprint density at radius 2 is 0.902 bits per heavy atom. The average molecular weight is 657 g/mol. The van der Waals surface area contributed by atoms with Crippen LogP contribution >= 0.6 is 0 Å². The number of aromatic nitrogens is 3. The van der Waals surface area contributed by atoms with Crippen molar-refractivity contribution in [2.24, 2.45) is 4.99 Å². The number of aliphatic imine (C=N–C) groups is 1. The summed E-state index contributed by atoms with van der Waals surface area (Å²) in [5.41, 5.74) is 11.5. The zero-order valence-electron chi connectivity index (χ0n) is 28.4. The van der Waals surface area contributed by atoms with Gasteiger partial charge in [-0.25, -0.2) is 15.0 Å². The van der Waals surface area contributed by atoms with Crippen molar-refractivity contribution < 1.29 is 0 Å². The summed E-state index contributed by atoms with van der Waals surface area (Å²) in [4.78, 5) is 18.9. The van der Waals surface area contributed by atoms with Gasteiger partial charge < -0.3 is 0 Å². The van der Waals surface area contributed by atoms with Crippen LogP contribution in [0.15, 0.2) is 199 Å². The first-order valence-electron chi connectivity index (χ1n) is 16.9. The first-order chi connectivity index (χ1) is 25.2. The van der Waals surface area contributed by atoms with Gasteiger partial charge in [-0.3, -0.25) is 4.99 Å². The number of nitrogens with zero attached hydrogens (tertiary/aromatic N) is 4. The number of benzene rings is 6. The predicted molar refractivity (Wildman–Crippen MR) is 213 cm³/mol. The van der Waals surface area contributed by atoms with Crippen molar-refractivity contribution in [3.8, 4) is 45.3 Å². The van der Waals surface area contributed by atoms with Crippen LogP contribution in [0, 0.1) is 0 Å². The summed E-state index contributed by atoms with van der Waals surface area (Å²) < 4.78 is 0. The topological polar surface area (TPSA) is 51.0 Å². The molecule has 51 heavy (non-hydrogen) atoms. The molecule has 0 fully saturated rings. The maximum Gasteiger partial charge on any atom is 0.164 e. The Bertz CT molecular complexity index is 2280. The SMILES string of the molecule is C=N/C=C(\C=C/C)C(=C(/c1ccccc1)c1cccc(-c2ccc(-c3nc(-c4ccccc4)nc(-c4ccccc4)n3)cc2)c1)/c1ccccc1. The van der Waals surface area contributed by atoms with Gasteiger partial charge in [0.05, 0.1) is 0 Å². The highest BCUT2D eigenvalue weighted by Gasteiger charge is 2.18. The second-order valence-electron chi connectivity index (χ2n) is 11.9. The van der Waals surface area contributed by atoms with E-state index in [-0.39, 0.29) is 0 Å². The van der Waals surface area contributed by atoms with Gasteiger partial charge in [-0.05, 0) is 58.7 Å². The van der Waals surface area contributed by atoms with Gasteiger partial charge in [-0.1, -0.05) is 176 Å². The molecule has 0 unspecified atom stereocenters. The minimum absolute atomic E-state index is 0.629. The van der Waals surface area contributed by atoms with Crippen LogP contribution in [0.3, 0.4) is 0 Å². The Hall–Kier alpha value is -6.78. The number of allylic oxidation sites excluding steroid dienone is 4. The van der Waals surface area contributed by atoms with Crippen LogP contribution < -0.4 is 0 Å². The molecule has 1 aromatic heterocycles. The predicted octanol–water partition coefficient (Wildman–Crippen LogP) is 11.7. The van der Waals surface area contributed by atoms with Crippen molar-refractivity contribution in [2.75, 3.05) is 0 Å². The fraction of sp³-hybridized carbons (Fsp3) is 0.0213. The smallest absolute Gasteiger partial charge is 0.164 e. The van der Waals surface area contributed by atoms with Gasteiger partial charge in [0.25, 0.3) is 0 Å². The van der Waals surface area contributed by atoms with Gasteiger partial charge in [-0.2, -0.15) is 0 Å². The summed E-state index contributed by atoms with van der Waals surface area (Å²) in [6, 6.07) is 58.3. The molecule has 0 N–H and O–H groups in total. The van der Waals surface area contributed by atoms with Crippen LogP contribution in [0.5, 0.6) is 0 Å². The molecule has 0 aliphatic heterocycles. The summed E-state index contributed by atoms with van der Waals surface area (Å²) in [6.45, 7) is 5.81. The number of hydrogen-bond donors (Lipinski definition) is 0. The van der Waals surface area contributed by atoms with E-state index in [0.29, 0.717) is 17.5 Å². The van der Waals surface area contributed by atoms with Crippen molar-refractivity contribution in [3.05, 3.63) is 210 Å². The first kappa shape index (κ1) is 32.8. The van der Waals surface area contributed by atoms with Gasteiger partial charge in [0.1, 0.15) is 0 Å². The number of hydrogen-bond acceptors (Lipinski definition) is 4. The fourth-order valence-corrected chi connectivity index (χ4v) is 6.19. The van der Waals surface area contributed by atoms with Gasteiger partial charge in [0.15, 0.2) is 17.5 Å². The van der Waals surface area contributed by atoms with Crippen LogP contribution in [0.1, 0.15) is 23.6 Å². The number of rotatable bonds is 10. The Kier molecular flexibility index (Phi) is 10.0. The molecule has 1 heterocycles. The van der Waals surface area contributed by atoms with Gasteiger partial charge in [-0.15, -0.1) is 0 Å². The summed E-state index contributed by atoms with van der Waals surface area (Å²) >= 11 is 0. The molecular weight excluding hydrogens is 621 g/mol. The summed E-state index contributed by atoms with van der Waals surface area (Å²) in [6.07, 6.45) is 5.97. The maximum absolute atomic E-state index is 4.92. The third kappa shape index (κ3) is 7.46. The molecule has 0 aliphatic carbocycles. The molecule has 0 radical (unpaired) electrons. The highest BCUT2D eigenvalue weighted by atomic mass is 15.0. The molecule has 244 valence electrons. The lowest BCUT2D eigenvalue weighted by Crippen LogP contribution is -2.00.